The molecule has 0 spiro atoms. The number of carbonyl (C=O) groups is 1. The van der Waals surface area contributed by atoms with E-state index in [9.17, 15) is 4.79 Å². The minimum Gasteiger partial charge on any atom is -0.444 e. The third kappa shape index (κ3) is 4.87. The molecule has 1 heterocycles. The van der Waals surface area contributed by atoms with Crippen molar-refractivity contribution in [2.45, 2.75) is 39.0 Å². The minimum absolute atomic E-state index is 0.246. The monoisotopic (exact) mass is 374 g/mol. The summed E-state index contributed by atoms with van der Waals surface area (Å²) in [6.45, 7) is 7.68. The lowest BCUT2D eigenvalue weighted by Crippen LogP contribution is -2.60. The maximum atomic E-state index is 11.8. The highest BCUT2D eigenvalue weighted by atomic mass is 79.9. The summed E-state index contributed by atoms with van der Waals surface area (Å²) >= 11 is 9.49. The molecule has 0 atom stereocenters. The van der Waals surface area contributed by atoms with Crippen molar-refractivity contribution in [3.63, 3.8) is 0 Å². The van der Waals surface area contributed by atoms with E-state index in [1.165, 1.54) is 0 Å². The molecule has 1 amide bonds. The molecule has 1 aromatic carbocycles. The lowest BCUT2D eigenvalue weighted by molar-refractivity contribution is 0.00518. The molecule has 1 aliphatic heterocycles. The van der Waals surface area contributed by atoms with Gasteiger partial charge in [-0.05, 0) is 44.5 Å². The molecule has 0 aliphatic carbocycles. The molecule has 0 saturated carbocycles. The third-order valence-electron chi connectivity index (χ3n) is 3.12. The van der Waals surface area contributed by atoms with Crippen LogP contribution in [0.15, 0.2) is 22.7 Å². The van der Waals surface area contributed by atoms with Crippen molar-refractivity contribution in [3.05, 3.63) is 33.3 Å². The average Bonchev–Trinajstić information content (AvgIpc) is 2.29. The summed E-state index contributed by atoms with van der Waals surface area (Å²) in [5.41, 5.74) is 0.666. The van der Waals surface area contributed by atoms with E-state index in [1.807, 2.05) is 39.0 Å². The van der Waals surface area contributed by atoms with Crippen molar-refractivity contribution >= 4 is 33.6 Å². The maximum Gasteiger partial charge on any atom is 0.410 e. The van der Waals surface area contributed by atoms with Gasteiger partial charge in [0.1, 0.15) is 5.60 Å². The van der Waals surface area contributed by atoms with Crippen molar-refractivity contribution in [2.24, 2.45) is 0 Å². The van der Waals surface area contributed by atoms with Gasteiger partial charge >= 0.3 is 6.09 Å². The Hall–Kier alpha value is -0.780. The molecule has 1 saturated heterocycles. The van der Waals surface area contributed by atoms with Crippen molar-refractivity contribution in [3.8, 4) is 0 Å². The molecule has 0 aromatic heterocycles. The van der Waals surface area contributed by atoms with Crippen LogP contribution in [0, 0.1) is 0 Å². The van der Waals surface area contributed by atoms with E-state index in [-0.39, 0.29) is 6.09 Å². The van der Waals surface area contributed by atoms with Crippen molar-refractivity contribution < 1.29 is 9.53 Å². The van der Waals surface area contributed by atoms with Crippen LogP contribution in [-0.4, -0.2) is 35.7 Å². The quantitative estimate of drug-likeness (QED) is 0.873. The van der Waals surface area contributed by atoms with Gasteiger partial charge in [-0.3, -0.25) is 0 Å². The van der Waals surface area contributed by atoms with Gasteiger partial charge in [-0.2, -0.15) is 0 Å². The molecule has 4 nitrogen and oxygen atoms in total. The van der Waals surface area contributed by atoms with Gasteiger partial charge in [-0.1, -0.05) is 27.5 Å². The second kappa shape index (κ2) is 6.55. The Labute approximate surface area is 138 Å². The summed E-state index contributed by atoms with van der Waals surface area (Å²) in [5, 5.41) is 4.13. The molecule has 2 rings (SSSR count). The minimum atomic E-state index is -0.443. The van der Waals surface area contributed by atoms with E-state index in [4.69, 9.17) is 16.3 Å². The van der Waals surface area contributed by atoms with E-state index >= 15 is 0 Å². The third-order valence-corrected chi connectivity index (χ3v) is 4.13. The van der Waals surface area contributed by atoms with Crippen molar-refractivity contribution in [2.75, 3.05) is 13.1 Å². The lowest BCUT2D eigenvalue weighted by atomic mass is 10.1. The highest BCUT2D eigenvalue weighted by Gasteiger charge is 2.33. The Morgan fingerprint density at radius 1 is 1.48 bits per heavy atom. The van der Waals surface area contributed by atoms with Gasteiger partial charge in [0, 0.05) is 35.2 Å². The van der Waals surface area contributed by atoms with Crippen LogP contribution in [0.4, 0.5) is 4.79 Å². The number of hydrogen-bond donors (Lipinski definition) is 1. The number of ether oxygens (including phenoxy) is 1. The van der Waals surface area contributed by atoms with Crippen molar-refractivity contribution in [1.82, 2.24) is 10.2 Å². The number of likely N-dealkylation sites (tertiary alicyclic amines) is 1. The van der Waals surface area contributed by atoms with Gasteiger partial charge < -0.3 is 15.0 Å². The molecule has 6 heteroatoms. The predicted molar refractivity (Wildman–Crippen MR) is 87.6 cm³/mol. The fourth-order valence-corrected chi connectivity index (χ4v) is 2.60. The second-order valence-corrected chi connectivity index (χ2v) is 7.49. The normalized spacial score (nSPS) is 15.8. The molecule has 1 fully saturated rings. The van der Waals surface area contributed by atoms with Crippen LogP contribution in [0.1, 0.15) is 26.3 Å². The van der Waals surface area contributed by atoms with E-state index < -0.39 is 5.60 Å². The first kappa shape index (κ1) is 16.6. The first-order valence-corrected chi connectivity index (χ1v) is 8.07. The number of amides is 1. The molecule has 21 heavy (non-hydrogen) atoms. The van der Waals surface area contributed by atoms with Crippen LogP contribution < -0.4 is 5.32 Å². The van der Waals surface area contributed by atoms with Crippen LogP contribution in [0.3, 0.4) is 0 Å². The van der Waals surface area contributed by atoms with Crippen LogP contribution in [-0.2, 0) is 11.3 Å². The van der Waals surface area contributed by atoms with Gasteiger partial charge in [0.25, 0.3) is 0 Å². The van der Waals surface area contributed by atoms with Crippen LogP contribution in [0.2, 0.25) is 5.02 Å². The highest BCUT2D eigenvalue weighted by molar-refractivity contribution is 9.10. The molecule has 1 aliphatic rings. The summed E-state index contributed by atoms with van der Waals surface area (Å²) in [6.07, 6.45) is -0.246. The number of nitrogens with zero attached hydrogens (tertiary/aromatic N) is 1. The van der Waals surface area contributed by atoms with Crippen LogP contribution in [0.25, 0.3) is 0 Å². The molecular formula is C15H20BrClN2O2. The zero-order valence-corrected chi connectivity index (χ0v) is 14.8. The molecule has 0 bridgehead atoms. The van der Waals surface area contributed by atoms with Gasteiger partial charge in [0.15, 0.2) is 0 Å². The van der Waals surface area contributed by atoms with Gasteiger partial charge in [0.2, 0.25) is 0 Å². The Balaban J connectivity index is 1.76. The summed E-state index contributed by atoms with van der Waals surface area (Å²) in [6, 6.07) is 6.02. The molecule has 1 N–H and O–H groups in total. The zero-order valence-electron chi connectivity index (χ0n) is 12.5. The molecule has 0 unspecified atom stereocenters. The fourth-order valence-electron chi connectivity index (χ4n) is 2.02. The summed E-state index contributed by atoms with van der Waals surface area (Å²) in [5.74, 6) is 0. The standard InChI is InChI=1S/C15H20BrClN2O2/c1-15(2,3)21-14(20)19-8-12(9-19)18-7-10-6-11(17)4-5-13(10)16/h4-6,12,18H,7-9H2,1-3H3. The Morgan fingerprint density at radius 3 is 2.76 bits per heavy atom. The number of rotatable bonds is 3. The zero-order chi connectivity index (χ0) is 15.6. The van der Waals surface area contributed by atoms with E-state index in [0.717, 1.165) is 15.1 Å². The number of carbonyl (C=O) groups excluding carboxylic acids is 1. The summed E-state index contributed by atoms with van der Waals surface area (Å²) in [4.78, 5) is 13.5. The molecule has 0 radical (unpaired) electrons. The summed E-state index contributed by atoms with van der Waals surface area (Å²) in [7, 11) is 0. The SMILES string of the molecule is CC(C)(C)OC(=O)N1CC(NCc2cc(Cl)ccc2Br)C1. The number of hydrogen-bond acceptors (Lipinski definition) is 3. The van der Waals surface area contributed by atoms with Crippen LogP contribution >= 0.6 is 27.5 Å². The first-order chi connectivity index (χ1) is 9.74. The number of benzene rings is 1. The Bertz CT molecular complexity index is 525. The summed E-state index contributed by atoms with van der Waals surface area (Å²) < 4.78 is 6.35. The lowest BCUT2D eigenvalue weighted by Gasteiger charge is -2.40. The van der Waals surface area contributed by atoms with E-state index in [0.29, 0.717) is 25.7 Å². The van der Waals surface area contributed by atoms with E-state index in [2.05, 4.69) is 21.2 Å². The largest absolute Gasteiger partial charge is 0.444 e. The van der Waals surface area contributed by atoms with Crippen LogP contribution in [0.5, 0.6) is 0 Å². The second-order valence-electron chi connectivity index (χ2n) is 6.20. The molecular weight excluding hydrogens is 356 g/mol. The maximum absolute atomic E-state index is 11.8. The smallest absolute Gasteiger partial charge is 0.410 e. The molecule has 1 aromatic rings. The predicted octanol–water partition coefficient (Wildman–Crippen LogP) is 3.81. The average molecular weight is 376 g/mol. The number of nitrogens with one attached hydrogen (secondary N) is 1. The van der Waals surface area contributed by atoms with Gasteiger partial charge in [-0.15, -0.1) is 0 Å². The molecule has 116 valence electrons. The Kier molecular flexibility index (Phi) is 5.17. The fraction of sp³-hybridized carbons (Fsp3) is 0.533. The van der Waals surface area contributed by atoms with Gasteiger partial charge in [-0.25, -0.2) is 4.79 Å². The van der Waals surface area contributed by atoms with Gasteiger partial charge in [0.05, 0.1) is 0 Å². The Morgan fingerprint density at radius 2 is 2.14 bits per heavy atom. The topological polar surface area (TPSA) is 41.6 Å². The highest BCUT2D eigenvalue weighted by Crippen LogP contribution is 2.22. The van der Waals surface area contributed by atoms with Crippen molar-refractivity contribution in [1.29, 1.82) is 0 Å². The van der Waals surface area contributed by atoms with E-state index in [1.54, 1.807) is 4.90 Å². The number of halogens is 2. The first-order valence-electron chi connectivity index (χ1n) is 6.90.